The molecule has 0 saturated carbocycles. The summed E-state index contributed by atoms with van der Waals surface area (Å²) in [5, 5.41) is 5.68. The summed E-state index contributed by atoms with van der Waals surface area (Å²) >= 11 is 1.61. The summed E-state index contributed by atoms with van der Waals surface area (Å²) in [5.41, 5.74) is 2.02. The van der Waals surface area contributed by atoms with Crippen LogP contribution in [0.3, 0.4) is 0 Å². The molecule has 0 aromatic carbocycles. The quantitative estimate of drug-likeness (QED) is 0.392. The van der Waals surface area contributed by atoms with E-state index in [0.29, 0.717) is 36.8 Å². The summed E-state index contributed by atoms with van der Waals surface area (Å²) < 4.78 is 15.1. The number of aryl methyl sites for hydroxylation is 2. The topological polar surface area (TPSA) is 79.9 Å². The third kappa shape index (κ3) is 3.82. The molecule has 4 aromatic heterocycles. The van der Waals surface area contributed by atoms with Crippen molar-refractivity contribution in [3.8, 4) is 28.1 Å². The average molecular weight is 427 g/mol. The van der Waals surface area contributed by atoms with Crippen LogP contribution in [0, 0.1) is 6.92 Å². The lowest BCUT2D eigenvalue weighted by molar-refractivity contribution is 0.171. The summed E-state index contributed by atoms with van der Waals surface area (Å²) in [7, 11) is 3.62. The average Bonchev–Trinajstić information content (AvgIpc) is 3.44. The van der Waals surface area contributed by atoms with E-state index >= 15 is 0 Å². The van der Waals surface area contributed by atoms with Crippen LogP contribution in [-0.2, 0) is 11.8 Å². The predicted molar refractivity (Wildman–Crippen MR) is 118 cm³/mol. The molecule has 0 aliphatic carbocycles. The molecule has 0 amide bonds. The van der Waals surface area contributed by atoms with Gasteiger partial charge in [-0.2, -0.15) is 10.1 Å². The highest BCUT2D eigenvalue weighted by atomic mass is 32.1. The summed E-state index contributed by atoms with van der Waals surface area (Å²) in [6, 6.07) is 2.35. The van der Waals surface area contributed by atoms with Gasteiger partial charge in [-0.05, 0) is 32.4 Å². The van der Waals surface area contributed by atoms with Crippen molar-refractivity contribution >= 4 is 21.6 Å². The number of rotatable bonds is 8. The Hall–Kier alpha value is -2.78. The van der Waals surface area contributed by atoms with Gasteiger partial charge >= 0.3 is 0 Å². The number of ether oxygens (including phenoxy) is 2. The number of aromatic nitrogens is 6. The van der Waals surface area contributed by atoms with E-state index in [1.54, 1.807) is 24.6 Å². The maximum atomic E-state index is 6.09. The van der Waals surface area contributed by atoms with Gasteiger partial charge in [-0.1, -0.05) is 0 Å². The van der Waals surface area contributed by atoms with Crippen LogP contribution in [0.2, 0.25) is 0 Å². The second-order valence-electron chi connectivity index (χ2n) is 7.42. The Labute approximate surface area is 179 Å². The standard InChI is InChI=1S/C21H26N6O2S/c1-13(2)27-9-7-15(25-27)17-14(3)16-20(29-12-6-11-28-5)23-18(24-21(16)30-17)19-22-8-10-26(19)4/h7-10,13H,6,11-12H2,1-5H3. The molecule has 0 bridgehead atoms. The van der Waals surface area contributed by atoms with Gasteiger partial charge in [0.05, 0.1) is 16.9 Å². The van der Waals surface area contributed by atoms with Gasteiger partial charge in [0.25, 0.3) is 0 Å². The van der Waals surface area contributed by atoms with Crippen LogP contribution in [0.25, 0.3) is 32.4 Å². The Morgan fingerprint density at radius 1 is 1.17 bits per heavy atom. The third-order valence-corrected chi connectivity index (χ3v) is 6.09. The molecule has 9 heteroatoms. The first-order valence-corrected chi connectivity index (χ1v) is 10.8. The molecular weight excluding hydrogens is 400 g/mol. The summed E-state index contributed by atoms with van der Waals surface area (Å²) in [6.07, 6.45) is 6.42. The van der Waals surface area contributed by atoms with Crippen LogP contribution in [0.4, 0.5) is 0 Å². The molecule has 0 N–H and O–H groups in total. The molecular formula is C21H26N6O2S. The summed E-state index contributed by atoms with van der Waals surface area (Å²) in [6.45, 7) is 7.47. The van der Waals surface area contributed by atoms with Crippen LogP contribution < -0.4 is 4.74 Å². The van der Waals surface area contributed by atoms with Crippen LogP contribution in [0.15, 0.2) is 24.7 Å². The van der Waals surface area contributed by atoms with Gasteiger partial charge < -0.3 is 14.0 Å². The van der Waals surface area contributed by atoms with E-state index in [-0.39, 0.29) is 0 Å². The minimum absolute atomic E-state index is 0.308. The first-order chi connectivity index (χ1) is 14.5. The van der Waals surface area contributed by atoms with Crippen LogP contribution in [0.1, 0.15) is 31.9 Å². The molecule has 4 heterocycles. The van der Waals surface area contributed by atoms with Crippen molar-refractivity contribution in [2.75, 3.05) is 20.3 Å². The van der Waals surface area contributed by atoms with Crippen molar-refractivity contribution in [3.05, 3.63) is 30.2 Å². The molecule has 0 saturated heterocycles. The van der Waals surface area contributed by atoms with Crippen molar-refractivity contribution in [3.63, 3.8) is 0 Å². The van der Waals surface area contributed by atoms with Crippen molar-refractivity contribution in [2.45, 2.75) is 33.2 Å². The number of thiophene rings is 1. The van der Waals surface area contributed by atoms with E-state index in [4.69, 9.17) is 24.5 Å². The van der Waals surface area contributed by atoms with Crippen LogP contribution >= 0.6 is 11.3 Å². The smallest absolute Gasteiger partial charge is 0.226 e. The number of fused-ring (bicyclic) bond motifs is 1. The van der Waals surface area contributed by atoms with Gasteiger partial charge in [-0.3, -0.25) is 4.68 Å². The van der Waals surface area contributed by atoms with Gasteiger partial charge in [0, 0.05) is 51.8 Å². The molecule has 0 atom stereocenters. The molecule has 0 radical (unpaired) electrons. The molecule has 4 aromatic rings. The highest BCUT2D eigenvalue weighted by Crippen LogP contribution is 2.41. The maximum absolute atomic E-state index is 6.09. The summed E-state index contributed by atoms with van der Waals surface area (Å²) in [4.78, 5) is 15.9. The second kappa shape index (κ2) is 8.53. The van der Waals surface area contributed by atoms with Crippen molar-refractivity contribution in [1.82, 2.24) is 29.3 Å². The third-order valence-electron chi connectivity index (χ3n) is 4.88. The fourth-order valence-corrected chi connectivity index (χ4v) is 4.39. The molecule has 0 fully saturated rings. The molecule has 0 unspecified atom stereocenters. The lowest BCUT2D eigenvalue weighted by Gasteiger charge is -2.09. The first-order valence-electron chi connectivity index (χ1n) is 9.95. The zero-order valence-electron chi connectivity index (χ0n) is 17.9. The summed E-state index contributed by atoms with van der Waals surface area (Å²) in [5.74, 6) is 1.84. The van der Waals surface area contributed by atoms with E-state index in [1.807, 2.05) is 34.8 Å². The lowest BCUT2D eigenvalue weighted by Crippen LogP contribution is -2.05. The van der Waals surface area contributed by atoms with Gasteiger partial charge in [0.2, 0.25) is 11.7 Å². The Bertz CT molecular complexity index is 1160. The molecule has 30 heavy (non-hydrogen) atoms. The van der Waals surface area contributed by atoms with Crippen LogP contribution in [-0.4, -0.2) is 49.6 Å². The maximum Gasteiger partial charge on any atom is 0.226 e. The molecule has 0 aliphatic rings. The second-order valence-corrected chi connectivity index (χ2v) is 8.42. The molecule has 0 aliphatic heterocycles. The lowest BCUT2D eigenvalue weighted by atomic mass is 10.2. The molecule has 158 valence electrons. The van der Waals surface area contributed by atoms with Gasteiger partial charge in [-0.25, -0.2) is 9.97 Å². The number of imidazole rings is 1. The Balaban J connectivity index is 1.82. The van der Waals surface area contributed by atoms with Crippen molar-refractivity contribution in [1.29, 1.82) is 0 Å². The zero-order chi connectivity index (χ0) is 21.3. The van der Waals surface area contributed by atoms with Gasteiger partial charge in [-0.15, -0.1) is 11.3 Å². The van der Waals surface area contributed by atoms with Crippen molar-refractivity contribution < 1.29 is 9.47 Å². The SMILES string of the molecule is COCCCOc1nc(-c2nccn2C)nc2sc(-c3ccn(C(C)C)n3)c(C)c12. The fourth-order valence-electron chi connectivity index (χ4n) is 3.25. The normalized spacial score (nSPS) is 11.7. The van der Waals surface area contributed by atoms with E-state index in [0.717, 1.165) is 32.8 Å². The van der Waals surface area contributed by atoms with E-state index in [1.165, 1.54) is 0 Å². The fraction of sp³-hybridized carbons (Fsp3) is 0.429. The monoisotopic (exact) mass is 426 g/mol. The van der Waals surface area contributed by atoms with Gasteiger partial charge in [0.15, 0.2) is 5.82 Å². The highest BCUT2D eigenvalue weighted by Gasteiger charge is 2.21. The number of nitrogens with zero attached hydrogens (tertiary/aromatic N) is 6. The van der Waals surface area contributed by atoms with E-state index in [9.17, 15) is 0 Å². The zero-order valence-corrected chi connectivity index (χ0v) is 18.7. The first kappa shape index (κ1) is 20.5. The Kier molecular flexibility index (Phi) is 5.83. The molecule has 8 nitrogen and oxygen atoms in total. The number of methoxy groups -OCH3 is 1. The highest BCUT2D eigenvalue weighted by molar-refractivity contribution is 7.22. The minimum Gasteiger partial charge on any atom is -0.477 e. The minimum atomic E-state index is 0.308. The Morgan fingerprint density at radius 3 is 2.67 bits per heavy atom. The van der Waals surface area contributed by atoms with Crippen molar-refractivity contribution in [2.24, 2.45) is 7.05 Å². The Morgan fingerprint density at radius 2 is 2.00 bits per heavy atom. The number of hydrogen-bond donors (Lipinski definition) is 0. The van der Waals surface area contributed by atoms with E-state index in [2.05, 4.69) is 25.8 Å². The largest absolute Gasteiger partial charge is 0.477 e. The van der Waals surface area contributed by atoms with Crippen LogP contribution in [0.5, 0.6) is 5.88 Å². The van der Waals surface area contributed by atoms with E-state index < -0.39 is 0 Å². The number of hydrogen-bond acceptors (Lipinski definition) is 7. The molecule has 4 rings (SSSR count). The molecule has 0 spiro atoms. The van der Waals surface area contributed by atoms with Gasteiger partial charge in [0.1, 0.15) is 10.5 Å². The predicted octanol–water partition coefficient (Wildman–Crippen LogP) is 4.26.